The first-order valence-corrected chi connectivity index (χ1v) is 5.42. The summed E-state index contributed by atoms with van der Waals surface area (Å²) in [5, 5.41) is 0.926. The molecule has 1 nitrogen and oxygen atoms in total. The van der Waals surface area contributed by atoms with Gasteiger partial charge in [-0.05, 0) is 25.1 Å². The van der Waals surface area contributed by atoms with E-state index in [0.717, 1.165) is 0 Å². The second-order valence-electron chi connectivity index (χ2n) is 3.41. The highest BCUT2D eigenvalue weighted by atomic mass is 35.5. The molecular weight excluding hydrogens is 248 g/mol. The lowest BCUT2D eigenvalue weighted by molar-refractivity contribution is 0.624. The number of rotatable bonds is 1. The van der Waals surface area contributed by atoms with E-state index < -0.39 is 0 Å². The van der Waals surface area contributed by atoms with Crippen LogP contribution in [0.2, 0.25) is 10.0 Å². The predicted octanol–water partition coefficient (Wildman–Crippen LogP) is 4.50. The van der Waals surface area contributed by atoms with Crippen LogP contribution in [0.25, 0.3) is 11.3 Å². The number of hydrogen-bond donors (Lipinski definition) is 0. The molecule has 4 heteroatoms. The molecule has 1 aromatic carbocycles. The summed E-state index contributed by atoms with van der Waals surface area (Å²) in [6.45, 7) is 1.72. The van der Waals surface area contributed by atoms with E-state index in [9.17, 15) is 4.39 Å². The van der Waals surface area contributed by atoms with Gasteiger partial charge in [-0.25, -0.2) is 4.39 Å². The van der Waals surface area contributed by atoms with Crippen LogP contribution < -0.4 is 0 Å². The third-order valence-corrected chi connectivity index (χ3v) is 2.77. The molecule has 0 aliphatic carbocycles. The Morgan fingerprint density at radius 3 is 2.31 bits per heavy atom. The van der Waals surface area contributed by atoms with E-state index in [-0.39, 0.29) is 5.82 Å². The molecule has 0 saturated heterocycles. The van der Waals surface area contributed by atoms with E-state index in [4.69, 9.17) is 23.2 Å². The summed E-state index contributed by atoms with van der Waals surface area (Å²) in [5.41, 5.74) is 1.60. The van der Waals surface area contributed by atoms with Gasteiger partial charge in [-0.3, -0.25) is 4.98 Å². The molecule has 0 N–H and O–H groups in total. The monoisotopic (exact) mass is 255 g/mol. The number of benzene rings is 1. The van der Waals surface area contributed by atoms with Crippen molar-refractivity contribution in [2.75, 3.05) is 0 Å². The van der Waals surface area contributed by atoms with E-state index in [1.807, 2.05) is 0 Å². The standard InChI is InChI=1S/C12H8Cl2FN/c1-7-5-8(15)6-11(16-7)12-9(13)3-2-4-10(12)14/h2-6H,1H3. The summed E-state index contributed by atoms with van der Waals surface area (Å²) in [7, 11) is 0. The number of hydrogen-bond acceptors (Lipinski definition) is 1. The Morgan fingerprint density at radius 2 is 1.75 bits per heavy atom. The van der Waals surface area contributed by atoms with Gasteiger partial charge < -0.3 is 0 Å². The molecule has 82 valence electrons. The largest absolute Gasteiger partial charge is 0.253 e. The van der Waals surface area contributed by atoms with Gasteiger partial charge in [0.15, 0.2) is 0 Å². The smallest absolute Gasteiger partial charge is 0.127 e. The van der Waals surface area contributed by atoms with Crippen molar-refractivity contribution in [1.82, 2.24) is 4.98 Å². The Labute approximate surface area is 103 Å². The van der Waals surface area contributed by atoms with Gasteiger partial charge in [-0.2, -0.15) is 0 Å². The zero-order chi connectivity index (χ0) is 11.7. The fourth-order valence-electron chi connectivity index (χ4n) is 1.50. The van der Waals surface area contributed by atoms with Crippen LogP contribution in [0.4, 0.5) is 4.39 Å². The van der Waals surface area contributed by atoms with Gasteiger partial charge in [0.05, 0.1) is 15.7 Å². The van der Waals surface area contributed by atoms with Crippen molar-refractivity contribution in [3.63, 3.8) is 0 Å². The first-order chi connectivity index (χ1) is 7.58. The molecule has 0 radical (unpaired) electrons. The number of pyridine rings is 1. The van der Waals surface area contributed by atoms with Crippen LogP contribution in [0.1, 0.15) is 5.69 Å². The Bertz CT molecular complexity index is 500. The Hall–Kier alpha value is -1.12. The highest BCUT2D eigenvalue weighted by Gasteiger charge is 2.10. The van der Waals surface area contributed by atoms with E-state index >= 15 is 0 Å². The molecule has 2 aromatic rings. The molecule has 0 spiro atoms. The number of aryl methyl sites for hydroxylation is 1. The molecule has 0 fully saturated rings. The molecule has 1 heterocycles. The third kappa shape index (κ3) is 2.18. The van der Waals surface area contributed by atoms with Crippen LogP contribution in [0.15, 0.2) is 30.3 Å². The van der Waals surface area contributed by atoms with E-state index in [1.54, 1.807) is 25.1 Å². The average molecular weight is 256 g/mol. The average Bonchev–Trinajstić information content (AvgIpc) is 2.15. The summed E-state index contributed by atoms with van der Waals surface area (Å²) in [5.74, 6) is -0.349. The number of halogens is 3. The van der Waals surface area contributed by atoms with Crippen molar-refractivity contribution in [3.8, 4) is 11.3 Å². The van der Waals surface area contributed by atoms with Crippen LogP contribution in [0.5, 0.6) is 0 Å². The summed E-state index contributed by atoms with van der Waals surface area (Å²) >= 11 is 12.0. The molecule has 16 heavy (non-hydrogen) atoms. The molecule has 0 bridgehead atoms. The first kappa shape index (κ1) is 11.4. The SMILES string of the molecule is Cc1cc(F)cc(-c2c(Cl)cccc2Cl)n1. The van der Waals surface area contributed by atoms with Crippen LogP contribution in [0.3, 0.4) is 0 Å². The van der Waals surface area contributed by atoms with Crippen LogP contribution in [0, 0.1) is 12.7 Å². The maximum Gasteiger partial charge on any atom is 0.127 e. The number of aromatic nitrogens is 1. The summed E-state index contributed by atoms with van der Waals surface area (Å²) in [6.07, 6.45) is 0. The van der Waals surface area contributed by atoms with Gasteiger partial charge in [-0.15, -0.1) is 0 Å². The normalized spacial score (nSPS) is 10.5. The fraction of sp³-hybridized carbons (Fsp3) is 0.0833. The molecule has 0 amide bonds. The van der Waals surface area contributed by atoms with Crippen molar-refractivity contribution in [2.24, 2.45) is 0 Å². The molecule has 2 rings (SSSR count). The van der Waals surface area contributed by atoms with Crippen molar-refractivity contribution in [3.05, 3.63) is 51.9 Å². The quantitative estimate of drug-likeness (QED) is 0.731. The van der Waals surface area contributed by atoms with Crippen LogP contribution in [-0.2, 0) is 0 Å². The first-order valence-electron chi connectivity index (χ1n) is 4.66. The van der Waals surface area contributed by atoms with Crippen molar-refractivity contribution in [1.29, 1.82) is 0 Å². The molecule has 0 aliphatic rings. The minimum atomic E-state index is -0.349. The van der Waals surface area contributed by atoms with Crippen molar-refractivity contribution < 1.29 is 4.39 Å². The van der Waals surface area contributed by atoms with Gasteiger partial charge in [0.1, 0.15) is 5.82 Å². The lowest BCUT2D eigenvalue weighted by atomic mass is 10.1. The summed E-state index contributed by atoms with van der Waals surface area (Å²) in [4.78, 5) is 4.22. The molecular formula is C12H8Cl2FN. The summed E-state index contributed by atoms with van der Waals surface area (Å²) < 4.78 is 13.3. The van der Waals surface area contributed by atoms with Crippen LogP contribution >= 0.6 is 23.2 Å². The molecule has 0 unspecified atom stereocenters. The Kier molecular flexibility index (Phi) is 3.13. The van der Waals surface area contributed by atoms with Gasteiger partial charge >= 0.3 is 0 Å². The lowest BCUT2D eigenvalue weighted by Gasteiger charge is -2.07. The predicted molar refractivity (Wildman–Crippen MR) is 64.4 cm³/mol. The zero-order valence-electron chi connectivity index (χ0n) is 8.47. The minimum Gasteiger partial charge on any atom is -0.253 e. The molecule has 1 aromatic heterocycles. The van der Waals surface area contributed by atoms with Crippen LogP contribution in [-0.4, -0.2) is 4.98 Å². The Balaban J connectivity index is 2.67. The molecule has 0 aliphatic heterocycles. The van der Waals surface area contributed by atoms with Crippen molar-refractivity contribution >= 4 is 23.2 Å². The zero-order valence-corrected chi connectivity index (χ0v) is 9.98. The lowest BCUT2D eigenvalue weighted by Crippen LogP contribution is -1.91. The number of nitrogens with zero attached hydrogens (tertiary/aromatic N) is 1. The Morgan fingerprint density at radius 1 is 1.12 bits per heavy atom. The summed E-state index contributed by atoms with van der Waals surface area (Å²) in [6, 6.07) is 7.81. The van der Waals surface area contributed by atoms with Gasteiger partial charge in [0, 0.05) is 17.3 Å². The van der Waals surface area contributed by atoms with Gasteiger partial charge in [0.2, 0.25) is 0 Å². The third-order valence-electron chi connectivity index (χ3n) is 2.14. The minimum absolute atomic E-state index is 0.349. The topological polar surface area (TPSA) is 12.9 Å². The highest BCUT2D eigenvalue weighted by molar-refractivity contribution is 6.39. The fourth-order valence-corrected chi connectivity index (χ4v) is 2.09. The maximum atomic E-state index is 13.3. The maximum absolute atomic E-state index is 13.3. The van der Waals surface area contributed by atoms with E-state index in [1.165, 1.54) is 12.1 Å². The highest BCUT2D eigenvalue weighted by Crippen LogP contribution is 2.33. The van der Waals surface area contributed by atoms with E-state index in [2.05, 4.69) is 4.98 Å². The van der Waals surface area contributed by atoms with Crippen molar-refractivity contribution in [2.45, 2.75) is 6.92 Å². The molecule has 0 saturated carbocycles. The van der Waals surface area contributed by atoms with E-state index in [0.29, 0.717) is 27.0 Å². The second kappa shape index (κ2) is 4.40. The second-order valence-corrected chi connectivity index (χ2v) is 4.22. The van der Waals surface area contributed by atoms with Gasteiger partial charge in [0.25, 0.3) is 0 Å². The molecule has 0 atom stereocenters. The van der Waals surface area contributed by atoms with Gasteiger partial charge in [-0.1, -0.05) is 29.3 Å².